The van der Waals surface area contributed by atoms with Crippen LogP contribution in [0.5, 0.6) is 0 Å². The zero-order valence-electron chi connectivity index (χ0n) is 25.5. The van der Waals surface area contributed by atoms with Crippen LogP contribution in [0.2, 0.25) is 0 Å². The van der Waals surface area contributed by atoms with Crippen molar-refractivity contribution >= 4 is 16.1 Å². The maximum Gasteiger partial charge on any atom is 5.00 e. The smallest absolute Gasteiger partial charge is 0.741 e. The number of aromatic carboxylic acids is 1. The largest absolute Gasteiger partial charge is 5.00 e. The first kappa shape index (κ1) is 46.7. The first-order valence-electron chi connectivity index (χ1n) is 12.9. The minimum Gasteiger partial charge on any atom is -0.741 e. The van der Waals surface area contributed by atoms with Crippen LogP contribution in [0.4, 0.5) is 13.2 Å². The van der Waals surface area contributed by atoms with Crippen molar-refractivity contribution in [1.82, 2.24) is 14.7 Å². The number of alkyl halides is 3. The fraction of sp³-hybridized carbons (Fsp3) is 0.667. The molecule has 0 saturated carbocycles. The molecule has 1 saturated heterocycles. The second kappa shape index (κ2) is 25.3. The number of halogens is 3. The number of benzene rings is 1. The summed E-state index contributed by atoms with van der Waals surface area (Å²) in [5.74, 6) is -1.13. The molecule has 0 aromatic heterocycles. The van der Waals surface area contributed by atoms with Crippen LogP contribution >= 0.6 is 0 Å². The van der Waals surface area contributed by atoms with Crippen LogP contribution in [-0.4, -0.2) is 96.5 Å². The predicted molar refractivity (Wildman–Crippen MR) is 149 cm³/mol. The Hall–Kier alpha value is -2.23. The third kappa shape index (κ3) is 24.4. The molecule has 0 amide bonds. The van der Waals surface area contributed by atoms with Gasteiger partial charge in [0.15, 0.2) is 10.1 Å². The normalized spacial score (nSPS) is 14.6. The molecule has 0 bridgehead atoms. The van der Waals surface area contributed by atoms with Crippen LogP contribution in [-0.2, 0) is 27.2 Å². The van der Waals surface area contributed by atoms with Gasteiger partial charge in [-0.15, -0.1) is 0 Å². The van der Waals surface area contributed by atoms with Gasteiger partial charge in [0.25, 0.3) is 0 Å². The molecule has 1 aromatic rings. The first-order chi connectivity index (χ1) is 18.8. The predicted octanol–water partition coefficient (Wildman–Crippen LogP) is 3.29. The summed E-state index contributed by atoms with van der Waals surface area (Å²) < 4.78 is 58.9. The molecule has 0 atom stereocenters. The molecule has 1 radical (unpaired) electrons. The number of carboxylic acid groups (broad SMARTS) is 1. The van der Waals surface area contributed by atoms with Crippen LogP contribution in [0, 0.1) is 22.7 Å². The van der Waals surface area contributed by atoms with Gasteiger partial charge in [-0.05, 0) is 47.1 Å². The second-order valence-corrected chi connectivity index (χ2v) is 10.8. The third-order valence-electron chi connectivity index (χ3n) is 5.51. The third-order valence-corrected chi connectivity index (χ3v) is 6.07. The minimum atomic E-state index is -6.09. The molecule has 239 valence electrons. The van der Waals surface area contributed by atoms with E-state index >= 15 is 0 Å². The summed E-state index contributed by atoms with van der Waals surface area (Å²) in [6.07, 6.45) is 0. The van der Waals surface area contributed by atoms with Crippen molar-refractivity contribution in [2.24, 2.45) is 0 Å². The standard InChI is InChI=1S/C15H33N3.C7H6O2.2C2H3N.CHF3O3S.Fe/c1-13(2)16-7-9-17(14(3)4)11-12-18(10-8-16)15(5)6;8-7(9)6-4-2-1-3-5-6;2*1-2-3;2-1(3,4)8(5,6)7;/h13-15H,7-12H2,1-6H3;1-5H,(H,8,9);2*1H3;(H,5,6,7);/q;;;;;+5/p-2. The van der Waals surface area contributed by atoms with Gasteiger partial charge in [-0.1, -0.05) is 30.3 Å². The Bertz CT molecular complexity index is 954. The van der Waals surface area contributed by atoms with Crippen molar-refractivity contribution in [3.05, 3.63) is 35.9 Å². The van der Waals surface area contributed by atoms with Gasteiger partial charge in [-0.3, -0.25) is 14.7 Å². The van der Waals surface area contributed by atoms with Crippen LogP contribution in [0.25, 0.3) is 0 Å². The summed E-state index contributed by atoms with van der Waals surface area (Å²) in [4.78, 5) is 18.0. The Morgan fingerprint density at radius 3 is 1.12 bits per heavy atom. The van der Waals surface area contributed by atoms with Crippen molar-refractivity contribution in [2.45, 2.75) is 79.0 Å². The zero-order valence-corrected chi connectivity index (χ0v) is 27.5. The van der Waals surface area contributed by atoms with Crippen molar-refractivity contribution in [3.63, 3.8) is 0 Å². The number of hydrogen-bond acceptors (Lipinski definition) is 10. The van der Waals surface area contributed by atoms with Crippen molar-refractivity contribution in [2.75, 3.05) is 39.3 Å². The number of rotatable bonds is 4. The molecule has 1 aliphatic heterocycles. The van der Waals surface area contributed by atoms with Crippen LogP contribution < -0.4 is 5.11 Å². The Morgan fingerprint density at radius 2 is 1.00 bits per heavy atom. The molecule has 2 rings (SSSR count). The molecule has 0 spiro atoms. The molecule has 1 fully saturated rings. The fourth-order valence-electron chi connectivity index (χ4n) is 3.23. The van der Waals surface area contributed by atoms with E-state index in [2.05, 4.69) is 56.2 Å². The Morgan fingerprint density at radius 1 is 0.786 bits per heavy atom. The monoisotopic (exact) mass is 663 g/mol. The van der Waals surface area contributed by atoms with E-state index in [9.17, 15) is 23.1 Å². The number of carbonyl (C=O) groups excluding carboxylic acids is 1. The van der Waals surface area contributed by atoms with E-state index in [0.717, 1.165) is 0 Å². The van der Waals surface area contributed by atoms with Crippen molar-refractivity contribution < 1.29 is 53.1 Å². The Balaban J connectivity index is -0.000000253. The van der Waals surface area contributed by atoms with E-state index < -0.39 is 21.6 Å². The molecule has 1 aromatic carbocycles. The van der Waals surface area contributed by atoms with Gasteiger partial charge < -0.3 is 14.5 Å². The summed E-state index contributed by atoms with van der Waals surface area (Å²) in [6, 6.07) is 13.5. The Labute approximate surface area is 260 Å². The van der Waals surface area contributed by atoms with Gasteiger partial charge in [0, 0.05) is 71.2 Å². The molecular formula is C27H44F3FeN5O5S+3. The van der Waals surface area contributed by atoms with Gasteiger partial charge >= 0.3 is 22.6 Å². The van der Waals surface area contributed by atoms with E-state index in [1.165, 1.54) is 65.2 Å². The van der Waals surface area contributed by atoms with Gasteiger partial charge in [0.2, 0.25) is 0 Å². The number of nitrogens with zero attached hydrogens (tertiary/aromatic N) is 5. The minimum absolute atomic E-state index is 0. The summed E-state index contributed by atoms with van der Waals surface area (Å²) in [6.45, 7) is 24.0. The molecule has 10 nitrogen and oxygen atoms in total. The summed E-state index contributed by atoms with van der Waals surface area (Å²) in [7, 11) is -6.09. The van der Waals surface area contributed by atoms with Crippen molar-refractivity contribution in [3.8, 4) is 12.1 Å². The van der Waals surface area contributed by atoms with E-state index in [0.29, 0.717) is 18.1 Å². The van der Waals surface area contributed by atoms with Gasteiger partial charge in [0.1, 0.15) is 0 Å². The second-order valence-electron chi connectivity index (χ2n) is 9.39. The number of carboxylic acids is 1. The average molecular weight is 664 g/mol. The molecule has 42 heavy (non-hydrogen) atoms. The zero-order chi connectivity index (χ0) is 32.8. The Kier molecular flexibility index (Phi) is 28.1. The first-order valence-corrected chi connectivity index (χ1v) is 14.3. The van der Waals surface area contributed by atoms with Gasteiger partial charge in [-0.25, -0.2) is 8.42 Å². The quantitative estimate of drug-likeness (QED) is 0.266. The molecule has 1 aliphatic rings. The SMILES string of the molecule is CC#N.CC#N.CC(C)N1CCN(C(C)C)CCN(C(C)C)CC1.O=C([O-])c1ccccc1.O=S(=O)([O-])C(F)(F)F.[Fe+5]. The molecule has 0 unspecified atom stereocenters. The van der Waals surface area contributed by atoms with E-state index in [1.807, 2.05) is 0 Å². The number of hydrogen-bond donors (Lipinski definition) is 0. The molecule has 0 aliphatic carbocycles. The van der Waals surface area contributed by atoms with Crippen LogP contribution in [0.1, 0.15) is 65.7 Å². The van der Waals surface area contributed by atoms with Gasteiger partial charge in [-0.2, -0.15) is 23.7 Å². The number of carbonyl (C=O) groups is 1. The topological polar surface area (TPSA) is 155 Å². The average Bonchev–Trinajstić information content (AvgIpc) is 2.96. The fourth-order valence-corrected chi connectivity index (χ4v) is 3.23. The van der Waals surface area contributed by atoms with Crippen molar-refractivity contribution in [1.29, 1.82) is 10.5 Å². The molecule has 1 heterocycles. The molecular weight excluding hydrogens is 619 g/mol. The summed E-state index contributed by atoms with van der Waals surface area (Å²) in [5, 5.41) is 24.7. The summed E-state index contributed by atoms with van der Waals surface area (Å²) >= 11 is 0. The van der Waals surface area contributed by atoms with E-state index in [-0.39, 0.29) is 22.6 Å². The number of nitriles is 2. The maximum absolute atomic E-state index is 10.7. The van der Waals surface area contributed by atoms with E-state index in [1.54, 1.807) is 30.3 Å². The van der Waals surface area contributed by atoms with Crippen LogP contribution in [0.15, 0.2) is 30.3 Å². The maximum atomic E-state index is 10.7. The van der Waals surface area contributed by atoms with E-state index in [4.69, 9.17) is 23.5 Å². The van der Waals surface area contributed by atoms with Gasteiger partial charge in [0.05, 0.1) is 18.1 Å². The van der Waals surface area contributed by atoms with Crippen LogP contribution in [0.3, 0.4) is 0 Å². The molecule has 0 N–H and O–H groups in total. The molecule has 15 heteroatoms. The summed E-state index contributed by atoms with van der Waals surface area (Å²) in [5.41, 5.74) is -5.43.